The third kappa shape index (κ3) is 2.01. The van der Waals surface area contributed by atoms with Crippen molar-refractivity contribution in [2.75, 3.05) is 0 Å². The van der Waals surface area contributed by atoms with E-state index in [2.05, 4.69) is 15.5 Å². The maximum absolute atomic E-state index is 10.9. The summed E-state index contributed by atoms with van der Waals surface area (Å²) < 4.78 is 1.27. The van der Waals surface area contributed by atoms with Crippen LogP contribution in [0.5, 0.6) is 0 Å². The summed E-state index contributed by atoms with van der Waals surface area (Å²) in [6.07, 6.45) is 2.10. The summed E-state index contributed by atoms with van der Waals surface area (Å²) in [5, 5.41) is 19.3. The SMILES string of the molecule is CC[C@@H](C)[C@@H](C(=O)O)n1cnnn1. The van der Waals surface area contributed by atoms with Crippen molar-refractivity contribution in [1.29, 1.82) is 0 Å². The van der Waals surface area contributed by atoms with E-state index < -0.39 is 12.0 Å². The van der Waals surface area contributed by atoms with Gasteiger partial charge in [0.25, 0.3) is 0 Å². The lowest BCUT2D eigenvalue weighted by Crippen LogP contribution is -2.25. The van der Waals surface area contributed by atoms with Gasteiger partial charge in [-0.3, -0.25) is 0 Å². The molecule has 0 saturated heterocycles. The number of carboxylic acids is 1. The minimum absolute atomic E-state index is 0.0148. The Labute approximate surface area is 75.6 Å². The number of rotatable bonds is 4. The molecule has 0 aliphatic heterocycles. The summed E-state index contributed by atoms with van der Waals surface area (Å²) in [6.45, 7) is 3.80. The molecule has 6 nitrogen and oxygen atoms in total. The molecule has 0 unspecified atom stereocenters. The van der Waals surface area contributed by atoms with Gasteiger partial charge in [0, 0.05) is 0 Å². The average Bonchev–Trinajstić information content (AvgIpc) is 2.56. The molecule has 72 valence electrons. The lowest BCUT2D eigenvalue weighted by molar-refractivity contribution is -0.143. The molecular formula is C7H12N4O2. The van der Waals surface area contributed by atoms with E-state index in [1.807, 2.05) is 13.8 Å². The zero-order valence-electron chi connectivity index (χ0n) is 7.58. The number of carbonyl (C=O) groups is 1. The van der Waals surface area contributed by atoms with Gasteiger partial charge in [0.05, 0.1) is 0 Å². The van der Waals surface area contributed by atoms with Crippen LogP contribution in [0.3, 0.4) is 0 Å². The fourth-order valence-corrected chi connectivity index (χ4v) is 1.14. The lowest BCUT2D eigenvalue weighted by Gasteiger charge is -2.17. The van der Waals surface area contributed by atoms with Crippen molar-refractivity contribution in [3.8, 4) is 0 Å². The van der Waals surface area contributed by atoms with Crippen LogP contribution in [0, 0.1) is 5.92 Å². The smallest absolute Gasteiger partial charge is 0.328 e. The maximum atomic E-state index is 10.9. The van der Waals surface area contributed by atoms with Crippen LogP contribution in [0.2, 0.25) is 0 Å². The predicted molar refractivity (Wildman–Crippen MR) is 43.9 cm³/mol. The Hall–Kier alpha value is -1.46. The summed E-state index contributed by atoms with van der Waals surface area (Å²) >= 11 is 0. The quantitative estimate of drug-likeness (QED) is 0.730. The number of aromatic nitrogens is 4. The monoisotopic (exact) mass is 184 g/mol. The van der Waals surface area contributed by atoms with Crippen molar-refractivity contribution >= 4 is 5.97 Å². The van der Waals surface area contributed by atoms with Gasteiger partial charge >= 0.3 is 5.97 Å². The minimum Gasteiger partial charge on any atom is -0.480 e. The summed E-state index contributed by atoms with van der Waals surface area (Å²) in [7, 11) is 0. The molecule has 6 heteroatoms. The molecule has 1 rings (SSSR count). The number of carboxylic acid groups (broad SMARTS) is 1. The van der Waals surface area contributed by atoms with E-state index in [9.17, 15) is 4.79 Å². The van der Waals surface area contributed by atoms with Gasteiger partial charge in [0.15, 0.2) is 6.04 Å². The van der Waals surface area contributed by atoms with Gasteiger partial charge < -0.3 is 5.11 Å². The number of nitrogens with zero attached hydrogens (tertiary/aromatic N) is 4. The highest BCUT2D eigenvalue weighted by Gasteiger charge is 2.26. The number of hydrogen-bond acceptors (Lipinski definition) is 4. The van der Waals surface area contributed by atoms with Gasteiger partial charge in [-0.25, -0.2) is 9.48 Å². The zero-order chi connectivity index (χ0) is 9.84. The molecule has 0 aliphatic rings. The number of tetrazole rings is 1. The van der Waals surface area contributed by atoms with E-state index in [0.717, 1.165) is 6.42 Å². The van der Waals surface area contributed by atoms with Crippen molar-refractivity contribution in [2.24, 2.45) is 5.92 Å². The summed E-state index contributed by atoms with van der Waals surface area (Å²) in [5.41, 5.74) is 0. The topological polar surface area (TPSA) is 80.9 Å². The Morgan fingerprint density at radius 2 is 2.38 bits per heavy atom. The summed E-state index contributed by atoms with van der Waals surface area (Å²) in [4.78, 5) is 10.9. The van der Waals surface area contributed by atoms with Crippen molar-refractivity contribution < 1.29 is 9.90 Å². The molecule has 0 radical (unpaired) electrons. The van der Waals surface area contributed by atoms with Crippen LogP contribution in [0.1, 0.15) is 26.3 Å². The maximum Gasteiger partial charge on any atom is 0.328 e. The van der Waals surface area contributed by atoms with Gasteiger partial charge in [0.1, 0.15) is 6.33 Å². The Kier molecular flexibility index (Phi) is 2.94. The Balaban J connectivity index is 2.87. The van der Waals surface area contributed by atoms with Crippen molar-refractivity contribution in [2.45, 2.75) is 26.3 Å². The molecule has 0 aliphatic carbocycles. The van der Waals surface area contributed by atoms with E-state index in [0.29, 0.717) is 0 Å². The predicted octanol–water partition coefficient (Wildman–Crippen LogP) is 0.345. The second-order valence-corrected chi connectivity index (χ2v) is 2.96. The van der Waals surface area contributed by atoms with Crippen LogP contribution < -0.4 is 0 Å². The van der Waals surface area contributed by atoms with E-state index in [4.69, 9.17) is 5.11 Å². The molecule has 1 N–H and O–H groups in total. The van der Waals surface area contributed by atoms with Crippen molar-refractivity contribution in [3.05, 3.63) is 6.33 Å². The highest BCUT2D eigenvalue weighted by atomic mass is 16.4. The molecule has 0 spiro atoms. The van der Waals surface area contributed by atoms with Crippen LogP contribution in [-0.2, 0) is 4.79 Å². The normalized spacial score (nSPS) is 15.2. The number of hydrogen-bond donors (Lipinski definition) is 1. The first-order chi connectivity index (χ1) is 6.16. The molecule has 1 heterocycles. The van der Waals surface area contributed by atoms with Crippen LogP contribution >= 0.6 is 0 Å². The van der Waals surface area contributed by atoms with Crippen LogP contribution in [0.25, 0.3) is 0 Å². The van der Waals surface area contributed by atoms with Gasteiger partial charge in [0.2, 0.25) is 0 Å². The molecule has 0 fully saturated rings. The van der Waals surface area contributed by atoms with Crippen molar-refractivity contribution in [3.63, 3.8) is 0 Å². The molecule has 0 aromatic carbocycles. The highest BCUT2D eigenvalue weighted by Crippen LogP contribution is 2.19. The molecule has 1 aromatic rings. The third-order valence-electron chi connectivity index (χ3n) is 2.09. The molecule has 0 amide bonds. The van der Waals surface area contributed by atoms with Crippen molar-refractivity contribution in [1.82, 2.24) is 20.2 Å². The first kappa shape index (κ1) is 9.63. The fourth-order valence-electron chi connectivity index (χ4n) is 1.14. The number of aliphatic carboxylic acids is 1. The summed E-state index contributed by atoms with van der Waals surface area (Å²) in [6, 6.07) is -0.667. The second kappa shape index (κ2) is 3.97. The van der Waals surface area contributed by atoms with E-state index in [1.54, 1.807) is 0 Å². The van der Waals surface area contributed by atoms with E-state index >= 15 is 0 Å². The average molecular weight is 184 g/mol. The largest absolute Gasteiger partial charge is 0.480 e. The third-order valence-corrected chi connectivity index (χ3v) is 2.09. The second-order valence-electron chi connectivity index (χ2n) is 2.96. The Morgan fingerprint density at radius 1 is 1.69 bits per heavy atom. The van der Waals surface area contributed by atoms with Crippen LogP contribution in [-0.4, -0.2) is 31.3 Å². The van der Waals surface area contributed by atoms with Crippen LogP contribution in [0.4, 0.5) is 0 Å². The van der Waals surface area contributed by atoms with Crippen LogP contribution in [0.15, 0.2) is 6.33 Å². The molecular weight excluding hydrogens is 172 g/mol. The molecule has 2 atom stereocenters. The molecule has 0 saturated carbocycles. The molecule has 13 heavy (non-hydrogen) atoms. The Bertz CT molecular complexity index is 272. The van der Waals surface area contributed by atoms with Gasteiger partial charge in [-0.2, -0.15) is 0 Å². The summed E-state index contributed by atoms with van der Waals surface area (Å²) in [5.74, 6) is -0.886. The standard InChI is InChI=1S/C7H12N4O2/c1-3-5(2)6(7(12)13)11-4-8-9-10-11/h4-6H,3H2,1-2H3,(H,12,13)/t5-,6+/m1/s1. The highest BCUT2D eigenvalue weighted by molar-refractivity contribution is 5.71. The first-order valence-electron chi connectivity index (χ1n) is 4.12. The van der Waals surface area contributed by atoms with Gasteiger partial charge in [-0.1, -0.05) is 20.3 Å². The fraction of sp³-hybridized carbons (Fsp3) is 0.714. The van der Waals surface area contributed by atoms with E-state index in [-0.39, 0.29) is 5.92 Å². The molecule has 1 aromatic heterocycles. The first-order valence-corrected chi connectivity index (χ1v) is 4.12. The minimum atomic E-state index is -0.901. The zero-order valence-corrected chi connectivity index (χ0v) is 7.58. The van der Waals surface area contributed by atoms with E-state index in [1.165, 1.54) is 11.0 Å². The molecule has 0 bridgehead atoms. The Morgan fingerprint density at radius 3 is 2.77 bits per heavy atom. The lowest BCUT2D eigenvalue weighted by atomic mass is 10.00. The van der Waals surface area contributed by atoms with Gasteiger partial charge in [-0.05, 0) is 16.3 Å². The van der Waals surface area contributed by atoms with Gasteiger partial charge in [-0.15, -0.1) is 5.10 Å².